The summed E-state index contributed by atoms with van der Waals surface area (Å²) < 4.78 is 13.1. The maximum atomic E-state index is 13.1. The molecule has 0 aliphatic carbocycles. The van der Waals surface area contributed by atoms with Crippen LogP contribution in [-0.4, -0.2) is 21.7 Å². The zero-order chi connectivity index (χ0) is 14.3. The number of hydrogen-bond acceptors (Lipinski definition) is 4. The molecule has 2 N–H and O–H groups in total. The summed E-state index contributed by atoms with van der Waals surface area (Å²) in [5.74, 6) is -1.41. The van der Waals surface area contributed by atoms with E-state index in [0.717, 1.165) is 11.1 Å². The zero-order valence-corrected chi connectivity index (χ0v) is 10.3. The SMILES string of the molecule is Nc1cccc2c1C(=O)N(Cc1cncc(F)c1)C2=O. The molecule has 1 aliphatic rings. The molecule has 0 spiro atoms. The van der Waals surface area contributed by atoms with Gasteiger partial charge in [-0.2, -0.15) is 0 Å². The third-order valence-corrected chi connectivity index (χ3v) is 3.13. The topological polar surface area (TPSA) is 76.3 Å². The number of halogens is 1. The number of amides is 2. The van der Waals surface area contributed by atoms with Gasteiger partial charge >= 0.3 is 0 Å². The molecule has 1 aromatic heterocycles. The summed E-state index contributed by atoms with van der Waals surface area (Å²) >= 11 is 0. The van der Waals surface area contributed by atoms with Gasteiger partial charge in [0.2, 0.25) is 0 Å². The average molecular weight is 271 g/mol. The van der Waals surface area contributed by atoms with Crippen molar-refractivity contribution in [3.63, 3.8) is 0 Å². The van der Waals surface area contributed by atoms with E-state index in [0.29, 0.717) is 5.56 Å². The van der Waals surface area contributed by atoms with Crippen molar-refractivity contribution in [2.24, 2.45) is 0 Å². The first kappa shape index (κ1) is 12.3. The van der Waals surface area contributed by atoms with Gasteiger partial charge in [-0.1, -0.05) is 6.07 Å². The van der Waals surface area contributed by atoms with E-state index in [-0.39, 0.29) is 23.4 Å². The van der Waals surface area contributed by atoms with Crippen molar-refractivity contribution in [3.05, 3.63) is 59.2 Å². The van der Waals surface area contributed by atoms with E-state index in [1.807, 2.05) is 0 Å². The molecule has 2 amide bonds. The summed E-state index contributed by atoms with van der Waals surface area (Å²) in [6.07, 6.45) is 2.47. The van der Waals surface area contributed by atoms with Crippen molar-refractivity contribution in [1.29, 1.82) is 0 Å². The van der Waals surface area contributed by atoms with Crippen molar-refractivity contribution in [2.75, 3.05) is 5.73 Å². The summed E-state index contributed by atoms with van der Waals surface area (Å²) in [5.41, 5.74) is 6.93. The number of carbonyl (C=O) groups excluding carboxylic acids is 2. The molecule has 3 rings (SSSR count). The minimum Gasteiger partial charge on any atom is -0.398 e. The molecule has 5 nitrogen and oxygen atoms in total. The third kappa shape index (κ3) is 1.82. The van der Waals surface area contributed by atoms with Crippen molar-refractivity contribution in [3.8, 4) is 0 Å². The summed E-state index contributed by atoms with van der Waals surface area (Å²) in [4.78, 5) is 29.1. The fourth-order valence-electron chi connectivity index (χ4n) is 2.23. The number of nitrogens with zero attached hydrogens (tertiary/aromatic N) is 2. The fourth-order valence-corrected chi connectivity index (χ4v) is 2.23. The Hall–Kier alpha value is -2.76. The van der Waals surface area contributed by atoms with Crippen molar-refractivity contribution >= 4 is 17.5 Å². The van der Waals surface area contributed by atoms with Gasteiger partial charge in [0.15, 0.2) is 0 Å². The number of pyridine rings is 1. The lowest BCUT2D eigenvalue weighted by molar-refractivity contribution is 0.0642. The van der Waals surface area contributed by atoms with Crippen LogP contribution in [0.4, 0.5) is 10.1 Å². The first-order valence-electron chi connectivity index (χ1n) is 5.92. The third-order valence-electron chi connectivity index (χ3n) is 3.13. The predicted molar refractivity (Wildman–Crippen MR) is 69.3 cm³/mol. The molecule has 0 bridgehead atoms. The number of imide groups is 1. The van der Waals surface area contributed by atoms with Gasteiger partial charge in [-0.25, -0.2) is 4.39 Å². The number of hydrogen-bond donors (Lipinski definition) is 1. The number of aromatic nitrogens is 1. The number of rotatable bonds is 2. The van der Waals surface area contributed by atoms with Crippen molar-refractivity contribution in [1.82, 2.24) is 9.88 Å². The van der Waals surface area contributed by atoms with E-state index in [1.165, 1.54) is 12.3 Å². The Kier molecular flexibility index (Phi) is 2.71. The molecule has 0 saturated carbocycles. The van der Waals surface area contributed by atoms with Crippen LogP contribution >= 0.6 is 0 Å². The largest absolute Gasteiger partial charge is 0.398 e. The Morgan fingerprint density at radius 3 is 2.70 bits per heavy atom. The number of fused-ring (bicyclic) bond motifs is 1. The van der Waals surface area contributed by atoms with Crippen molar-refractivity contribution < 1.29 is 14.0 Å². The van der Waals surface area contributed by atoms with Crippen LogP contribution in [0.15, 0.2) is 36.7 Å². The van der Waals surface area contributed by atoms with E-state index < -0.39 is 17.6 Å². The molecule has 6 heteroatoms. The summed E-state index contributed by atoms with van der Waals surface area (Å²) in [5, 5.41) is 0. The van der Waals surface area contributed by atoms with E-state index in [2.05, 4.69) is 4.98 Å². The number of anilines is 1. The van der Waals surface area contributed by atoms with Gasteiger partial charge in [-0.15, -0.1) is 0 Å². The summed E-state index contributed by atoms with van der Waals surface area (Å²) in [6, 6.07) is 5.97. The molecular weight excluding hydrogens is 261 g/mol. The van der Waals surface area contributed by atoms with Gasteiger partial charge in [0.25, 0.3) is 11.8 Å². The zero-order valence-electron chi connectivity index (χ0n) is 10.3. The Bertz CT molecular complexity index is 730. The van der Waals surface area contributed by atoms with Gasteiger partial charge in [0.1, 0.15) is 5.82 Å². The highest BCUT2D eigenvalue weighted by Crippen LogP contribution is 2.28. The number of carbonyl (C=O) groups is 2. The van der Waals surface area contributed by atoms with Crippen LogP contribution in [0.5, 0.6) is 0 Å². The molecule has 0 unspecified atom stereocenters. The molecule has 0 radical (unpaired) electrons. The molecule has 1 aliphatic heterocycles. The van der Waals surface area contributed by atoms with Crippen LogP contribution in [0, 0.1) is 5.82 Å². The van der Waals surface area contributed by atoms with Crippen LogP contribution in [-0.2, 0) is 6.54 Å². The number of benzene rings is 1. The Labute approximate surface area is 113 Å². The van der Waals surface area contributed by atoms with Crippen LogP contribution < -0.4 is 5.73 Å². The number of nitrogen functional groups attached to an aromatic ring is 1. The lowest BCUT2D eigenvalue weighted by Gasteiger charge is -2.13. The van der Waals surface area contributed by atoms with Crippen LogP contribution in [0.25, 0.3) is 0 Å². The quantitative estimate of drug-likeness (QED) is 0.665. The highest BCUT2D eigenvalue weighted by atomic mass is 19.1. The minimum atomic E-state index is -0.515. The monoisotopic (exact) mass is 271 g/mol. The highest BCUT2D eigenvalue weighted by molar-refractivity contribution is 6.23. The molecule has 0 fully saturated rings. The Morgan fingerprint density at radius 2 is 2.00 bits per heavy atom. The standard InChI is InChI=1S/C14H10FN3O2/c15-9-4-8(5-17-6-9)7-18-13(19)10-2-1-3-11(16)12(10)14(18)20/h1-6H,7,16H2. The molecule has 0 saturated heterocycles. The van der Waals surface area contributed by atoms with Crippen molar-refractivity contribution in [2.45, 2.75) is 6.54 Å². The van der Waals surface area contributed by atoms with Gasteiger partial charge in [-0.3, -0.25) is 19.5 Å². The van der Waals surface area contributed by atoms with Gasteiger partial charge in [0, 0.05) is 11.9 Å². The lowest BCUT2D eigenvalue weighted by atomic mass is 10.1. The Morgan fingerprint density at radius 1 is 1.20 bits per heavy atom. The first-order chi connectivity index (χ1) is 9.58. The van der Waals surface area contributed by atoms with Crippen LogP contribution in [0.2, 0.25) is 0 Å². The van der Waals surface area contributed by atoms with Crippen LogP contribution in [0.1, 0.15) is 26.3 Å². The molecule has 0 atom stereocenters. The second-order valence-corrected chi connectivity index (χ2v) is 4.48. The van der Waals surface area contributed by atoms with E-state index in [9.17, 15) is 14.0 Å². The fraction of sp³-hybridized carbons (Fsp3) is 0.0714. The molecule has 1 aromatic carbocycles. The maximum Gasteiger partial charge on any atom is 0.263 e. The van der Waals surface area contributed by atoms with Gasteiger partial charge in [-0.05, 0) is 23.8 Å². The normalized spacial score (nSPS) is 13.8. The second kappa shape index (κ2) is 4.41. The first-order valence-corrected chi connectivity index (χ1v) is 5.92. The van der Waals surface area contributed by atoms with Gasteiger partial charge < -0.3 is 5.73 Å². The smallest absolute Gasteiger partial charge is 0.263 e. The maximum absolute atomic E-state index is 13.1. The molecule has 100 valence electrons. The van der Waals surface area contributed by atoms with Crippen LogP contribution in [0.3, 0.4) is 0 Å². The van der Waals surface area contributed by atoms with Gasteiger partial charge in [0.05, 0.1) is 23.9 Å². The molecule has 2 aromatic rings. The summed E-state index contributed by atoms with van der Waals surface area (Å²) in [7, 11) is 0. The van der Waals surface area contributed by atoms with E-state index >= 15 is 0 Å². The average Bonchev–Trinajstić information content (AvgIpc) is 2.65. The minimum absolute atomic E-state index is 0.0312. The molecular formula is C14H10FN3O2. The lowest BCUT2D eigenvalue weighted by Crippen LogP contribution is -2.29. The highest BCUT2D eigenvalue weighted by Gasteiger charge is 2.36. The summed E-state index contributed by atoms with van der Waals surface area (Å²) in [6.45, 7) is -0.0312. The Balaban J connectivity index is 1.96. The number of nitrogens with two attached hydrogens (primary N) is 1. The predicted octanol–water partition coefficient (Wildman–Crippen LogP) is 1.60. The molecule has 2 heterocycles. The second-order valence-electron chi connectivity index (χ2n) is 4.48. The van der Waals surface area contributed by atoms with E-state index in [4.69, 9.17) is 5.73 Å². The molecule has 20 heavy (non-hydrogen) atoms. The van der Waals surface area contributed by atoms with E-state index in [1.54, 1.807) is 18.2 Å².